The number of carbonyl (C=O) groups excluding carboxylic acids is 1. The lowest BCUT2D eigenvalue weighted by Gasteiger charge is -2.39. The van der Waals surface area contributed by atoms with Crippen molar-refractivity contribution >= 4 is 17.7 Å². The number of anilines is 1. The van der Waals surface area contributed by atoms with Gasteiger partial charge >= 0.3 is 24.4 Å². The second-order valence-corrected chi connectivity index (χ2v) is 11.1. The van der Waals surface area contributed by atoms with Crippen LogP contribution in [0.25, 0.3) is 0 Å². The third-order valence-electron chi connectivity index (χ3n) is 8.15. The first kappa shape index (κ1) is 29.3. The molecule has 0 atom stereocenters. The van der Waals surface area contributed by atoms with Crippen LogP contribution >= 0.6 is 0 Å². The topological polar surface area (TPSA) is 73.3 Å². The second kappa shape index (κ2) is 11.1. The zero-order valence-electron chi connectivity index (χ0n) is 21.7. The molecule has 3 saturated heterocycles. The maximum atomic E-state index is 12.8. The molecule has 3 aliphatic heterocycles. The molecule has 0 bridgehead atoms. The largest absolute Gasteiger partial charge is 0.481 e. The first-order chi connectivity index (χ1) is 18.1. The molecule has 4 rings (SSSR count). The highest BCUT2D eigenvalue weighted by Gasteiger charge is 2.60. The summed E-state index contributed by atoms with van der Waals surface area (Å²) in [6.45, 7) is 5.65. The van der Waals surface area contributed by atoms with E-state index < -0.39 is 30.5 Å². The molecule has 0 aromatic heterocycles. The minimum atomic E-state index is -5.73. The summed E-state index contributed by atoms with van der Waals surface area (Å²) in [4.78, 5) is 28.8. The number of hydrogen-bond acceptors (Lipinski definition) is 5. The van der Waals surface area contributed by atoms with Crippen LogP contribution in [-0.2, 0) is 16.1 Å². The summed E-state index contributed by atoms with van der Waals surface area (Å²) in [6, 6.07) is 6.32. The molecule has 3 fully saturated rings. The van der Waals surface area contributed by atoms with Gasteiger partial charge in [0.05, 0.1) is 5.92 Å². The van der Waals surface area contributed by atoms with Crippen LogP contribution in [0, 0.1) is 18.3 Å². The first-order valence-electron chi connectivity index (χ1n) is 13.0. The maximum absolute atomic E-state index is 12.8. The monoisotopic (exact) mass is 565 g/mol. The molecule has 3 heterocycles. The standard InChI is InChI=1S/C26H33F6N3O4/c1-17-12-18(14-20(13-17)34-7-2-19(3-8-34)21(36)37)15-33-9-4-24(16-33)5-10-35(11-6-24)23(38)39-22(25(27,28)29)26(30,31)32/h12-14,19,22H,2-11,15-16H2,1H3,(H,36,37). The number of alkyl halides is 6. The summed E-state index contributed by atoms with van der Waals surface area (Å²) < 4.78 is 80.4. The lowest BCUT2D eigenvalue weighted by molar-refractivity contribution is -0.308. The van der Waals surface area contributed by atoms with Crippen LogP contribution in [-0.4, -0.2) is 84.7 Å². The van der Waals surface area contributed by atoms with Crippen LogP contribution in [0.2, 0.25) is 0 Å². The van der Waals surface area contributed by atoms with Crippen molar-refractivity contribution in [2.75, 3.05) is 44.2 Å². The van der Waals surface area contributed by atoms with Gasteiger partial charge in [-0.3, -0.25) is 9.69 Å². The molecule has 3 aliphatic rings. The molecule has 1 N–H and O–H groups in total. The fraction of sp³-hybridized carbons (Fsp3) is 0.692. The van der Waals surface area contributed by atoms with Crippen molar-refractivity contribution in [3.8, 4) is 0 Å². The number of rotatable bonds is 5. The van der Waals surface area contributed by atoms with Gasteiger partial charge in [0.1, 0.15) is 0 Å². The number of aliphatic carboxylic acids is 1. The highest BCUT2D eigenvalue weighted by atomic mass is 19.4. The van der Waals surface area contributed by atoms with E-state index in [4.69, 9.17) is 0 Å². The Bertz CT molecular complexity index is 1030. The van der Waals surface area contributed by atoms with Gasteiger partial charge in [-0.25, -0.2) is 4.79 Å². The van der Waals surface area contributed by atoms with Crippen molar-refractivity contribution in [2.45, 2.75) is 64.0 Å². The van der Waals surface area contributed by atoms with Gasteiger partial charge in [0.25, 0.3) is 6.10 Å². The van der Waals surface area contributed by atoms with Gasteiger partial charge < -0.3 is 19.6 Å². The Labute approximate surface area is 222 Å². The molecule has 218 valence electrons. The molecule has 0 unspecified atom stereocenters. The molecule has 1 aromatic carbocycles. The summed E-state index contributed by atoms with van der Waals surface area (Å²) in [5, 5.41) is 9.25. The Morgan fingerprint density at radius 1 is 0.974 bits per heavy atom. The van der Waals surface area contributed by atoms with E-state index in [9.17, 15) is 41.0 Å². The molecular formula is C26H33F6N3O4. The van der Waals surface area contributed by atoms with E-state index in [1.54, 1.807) is 0 Å². The van der Waals surface area contributed by atoms with E-state index >= 15 is 0 Å². The lowest BCUT2D eigenvalue weighted by atomic mass is 9.78. The maximum Gasteiger partial charge on any atom is 0.434 e. The minimum absolute atomic E-state index is 0.0377. The van der Waals surface area contributed by atoms with Crippen LogP contribution in [0.5, 0.6) is 0 Å². The Kier molecular flexibility index (Phi) is 8.30. The quantitative estimate of drug-likeness (QED) is 0.494. The highest BCUT2D eigenvalue weighted by molar-refractivity contribution is 5.70. The number of aryl methyl sites for hydroxylation is 1. The Morgan fingerprint density at radius 3 is 2.13 bits per heavy atom. The van der Waals surface area contributed by atoms with Crippen molar-refractivity contribution in [1.82, 2.24) is 9.80 Å². The Hall–Kier alpha value is -2.70. The zero-order chi connectivity index (χ0) is 28.6. The van der Waals surface area contributed by atoms with Crippen molar-refractivity contribution in [1.29, 1.82) is 0 Å². The van der Waals surface area contributed by atoms with E-state index in [0.29, 0.717) is 45.3 Å². The number of carbonyl (C=O) groups is 2. The number of halogens is 6. The smallest absolute Gasteiger partial charge is 0.434 e. The van der Waals surface area contributed by atoms with E-state index in [0.717, 1.165) is 41.2 Å². The predicted octanol–water partition coefficient (Wildman–Crippen LogP) is 5.21. The number of carboxylic acids is 1. The van der Waals surface area contributed by atoms with Crippen molar-refractivity contribution in [2.24, 2.45) is 11.3 Å². The fourth-order valence-corrected chi connectivity index (χ4v) is 5.99. The van der Waals surface area contributed by atoms with Gasteiger partial charge in [-0.05, 0) is 74.2 Å². The number of carboxylic acid groups (broad SMARTS) is 1. The van der Waals surface area contributed by atoms with Gasteiger partial charge in [-0.1, -0.05) is 6.07 Å². The van der Waals surface area contributed by atoms with Crippen molar-refractivity contribution < 1.29 is 45.8 Å². The average Bonchev–Trinajstić information content (AvgIpc) is 3.22. The molecule has 0 radical (unpaired) electrons. The number of piperidine rings is 2. The molecule has 0 aliphatic carbocycles. The fourth-order valence-electron chi connectivity index (χ4n) is 5.99. The molecule has 7 nitrogen and oxygen atoms in total. The second-order valence-electron chi connectivity index (χ2n) is 11.1. The number of benzene rings is 1. The summed E-state index contributed by atoms with van der Waals surface area (Å²) >= 11 is 0. The summed E-state index contributed by atoms with van der Waals surface area (Å²) in [5.41, 5.74) is 3.12. The molecule has 13 heteroatoms. The Morgan fingerprint density at radius 2 is 1.56 bits per heavy atom. The number of amides is 1. The zero-order valence-corrected chi connectivity index (χ0v) is 21.7. The summed E-state index contributed by atoms with van der Waals surface area (Å²) in [7, 11) is 0. The van der Waals surface area contributed by atoms with Crippen LogP contribution < -0.4 is 4.90 Å². The van der Waals surface area contributed by atoms with Crippen LogP contribution in [0.1, 0.15) is 43.2 Å². The van der Waals surface area contributed by atoms with Crippen molar-refractivity contribution in [3.63, 3.8) is 0 Å². The number of nitrogens with zero attached hydrogens (tertiary/aromatic N) is 3. The third-order valence-corrected chi connectivity index (χ3v) is 8.15. The number of ether oxygens (including phenoxy) is 1. The van der Waals surface area contributed by atoms with Crippen LogP contribution in [0.4, 0.5) is 36.8 Å². The van der Waals surface area contributed by atoms with Gasteiger partial charge in [0.15, 0.2) is 0 Å². The van der Waals surface area contributed by atoms with Gasteiger partial charge in [0, 0.05) is 45.0 Å². The molecule has 39 heavy (non-hydrogen) atoms. The number of likely N-dealkylation sites (tertiary alicyclic amines) is 2. The van der Waals surface area contributed by atoms with Gasteiger partial charge in [0.2, 0.25) is 0 Å². The SMILES string of the molecule is Cc1cc(CN2CCC3(CCN(C(=O)OC(C(F)(F)F)C(F)(F)F)CC3)C2)cc(N2CCC(C(=O)O)CC2)c1. The molecule has 1 spiro atoms. The third kappa shape index (κ3) is 7.09. The van der Waals surface area contributed by atoms with E-state index in [-0.39, 0.29) is 24.4 Å². The van der Waals surface area contributed by atoms with E-state index in [1.165, 1.54) is 0 Å². The first-order valence-corrected chi connectivity index (χ1v) is 13.0. The van der Waals surface area contributed by atoms with Gasteiger partial charge in [-0.2, -0.15) is 26.3 Å². The highest BCUT2D eigenvalue weighted by Crippen LogP contribution is 2.42. The van der Waals surface area contributed by atoms with Crippen molar-refractivity contribution in [3.05, 3.63) is 29.3 Å². The minimum Gasteiger partial charge on any atom is -0.481 e. The lowest BCUT2D eigenvalue weighted by Crippen LogP contribution is -2.50. The van der Waals surface area contributed by atoms with E-state index in [2.05, 4.69) is 32.7 Å². The normalized spacial score (nSPS) is 21.1. The molecule has 1 aromatic rings. The van der Waals surface area contributed by atoms with Crippen LogP contribution in [0.15, 0.2) is 18.2 Å². The van der Waals surface area contributed by atoms with Crippen LogP contribution in [0.3, 0.4) is 0 Å². The van der Waals surface area contributed by atoms with Gasteiger partial charge in [-0.15, -0.1) is 0 Å². The Balaban J connectivity index is 1.31. The molecule has 1 amide bonds. The van der Waals surface area contributed by atoms with E-state index in [1.807, 2.05) is 6.92 Å². The predicted molar refractivity (Wildman–Crippen MR) is 129 cm³/mol. The number of hydrogen-bond donors (Lipinski definition) is 1. The molecule has 0 saturated carbocycles. The summed E-state index contributed by atoms with van der Waals surface area (Å²) in [6.07, 6.45) is -14.2. The molecular weight excluding hydrogens is 532 g/mol. The average molecular weight is 566 g/mol. The summed E-state index contributed by atoms with van der Waals surface area (Å²) in [5.74, 6) is -1.06.